The van der Waals surface area contributed by atoms with Crippen LogP contribution >= 0.6 is 11.6 Å². The van der Waals surface area contributed by atoms with Crippen LogP contribution in [0.2, 0.25) is 0 Å². The molecule has 5 heteroatoms. The second-order valence-electron chi connectivity index (χ2n) is 5.97. The van der Waals surface area contributed by atoms with E-state index in [9.17, 15) is 8.42 Å². The highest BCUT2D eigenvalue weighted by atomic mass is 35.5. The lowest BCUT2D eigenvalue weighted by molar-refractivity contribution is 0.223. The van der Waals surface area contributed by atoms with E-state index in [-0.39, 0.29) is 10.7 Å². The highest BCUT2D eigenvalue weighted by Crippen LogP contribution is 2.37. The van der Waals surface area contributed by atoms with Gasteiger partial charge in [0.25, 0.3) is 0 Å². The highest BCUT2D eigenvalue weighted by Gasteiger charge is 2.35. The first kappa shape index (κ1) is 14.6. The van der Waals surface area contributed by atoms with Gasteiger partial charge in [0.2, 0.25) is 10.0 Å². The Kier molecular flexibility index (Phi) is 4.95. The quantitative estimate of drug-likeness (QED) is 0.792. The van der Waals surface area contributed by atoms with Crippen LogP contribution in [0.1, 0.15) is 57.8 Å². The summed E-state index contributed by atoms with van der Waals surface area (Å²) in [7, 11) is -3.12. The topological polar surface area (TPSA) is 46.2 Å². The maximum absolute atomic E-state index is 12.2. The Bertz CT molecular complexity index is 357. The first-order valence-electron chi connectivity index (χ1n) is 7.12. The predicted molar refractivity (Wildman–Crippen MR) is 75.4 cm³/mol. The lowest BCUT2D eigenvalue weighted by Crippen LogP contribution is -2.43. The maximum Gasteiger partial charge on any atom is 0.214 e. The number of alkyl halides is 1. The van der Waals surface area contributed by atoms with Gasteiger partial charge in [-0.05, 0) is 31.1 Å². The smallest absolute Gasteiger partial charge is 0.214 e. The monoisotopic (exact) mass is 293 g/mol. The maximum atomic E-state index is 12.2. The Labute approximate surface area is 116 Å². The van der Waals surface area contributed by atoms with Crippen LogP contribution in [0, 0.1) is 5.41 Å². The number of sulfonamides is 1. The van der Waals surface area contributed by atoms with Crippen LogP contribution in [-0.4, -0.2) is 26.1 Å². The zero-order chi connectivity index (χ0) is 13.1. The Hall–Kier alpha value is 0.200. The van der Waals surface area contributed by atoms with Crippen molar-refractivity contribution in [1.82, 2.24) is 4.72 Å². The van der Waals surface area contributed by atoms with E-state index in [1.165, 1.54) is 19.3 Å². The van der Waals surface area contributed by atoms with Gasteiger partial charge in [-0.15, -0.1) is 11.6 Å². The fourth-order valence-corrected chi connectivity index (χ4v) is 5.29. The third-order valence-corrected chi connectivity index (χ3v) is 7.05. The van der Waals surface area contributed by atoms with Crippen LogP contribution in [0.4, 0.5) is 0 Å². The molecule has 2 saturated carbocycles. The van der Waals surface area contributed by atoms with Gasteiger partial charge in [0.1, 0.15) is 0 Å². The first-order chi connectivity index (χ1) is 8.58. The number of halogens is 1. The van der Waals surface area contributed by atoms with Crippen LogP contribution in [0.5, 0.6) is 0 Å². The summed E-state index contributed by atoms with van der Waals surface area (Å²) in [6.07, 6.45) is 9.47. The molecule has 3 nitrogen and oxygen atoms in total. The van der Waals surface area contributed by atoms with E-state index in [2.05, 4.69) is 4.72 Å². The third kappa shape index (κ3) is 3.40. The third-order valence-electron chi connectivity index (χ3n) is 4.59. The second-order valence-corrected chi connectivity index (χ2v) is 8.28. The zero-order valence-electron chi connectivity index (χ0n) is 11.0. The first-order valence-corrected chi connectivity index (χ1v) is 9.21. The number of nitrogens with one attached hydrogen (secondary N) is 1. The molecule has 0 unspecified atom stereocenters. The molecule has 0 spiro atoms. The van der Waals surface area contributed by atoms with E-state index in [0.29, 0.717) is 12.4 Å². The minimum absolute atomic E-state index is 0.00544. The van der Waals surface area contributed by atoms with E-state index in [0.717, 1.165) is 38.5 Å². The van der Waals surface area contributed by atoms with Gasteiger partial charge in [-0.2, -0.15) is 0 Å². The van der Waals surface area contributed by atoms with Crippen molar-refractivity contribution in [3.8, 4) is 0 Å². The van der Waals surface area contributed by atoms with Gasteiger partial charge in [-0.1, -0.05) is 32.1 Å². The number of hydrogen-bond acceptors (Lipinski definition) is 2. The summed E-state index contributed by atoms with van der Waals surface area (Å²) >= 11 is 6.09. The second kappa shape index (κ2) is 6.10. The minimum atomic E-state index is -3.12. The predicted octanol–water partition coefficient (Wildman–Crippen LogP) is 3.04. The molecule has 0 radical (unpaired) electrons. The van der Waals surface area contributed by atoms with Crippen molar-refractivity contribution in [2.45, 2.75) is 63.0 Å². The van der Waals surface area contributed by atoms with E-state index in [4.69, 9.17) is 11.6 Å². The van der Waals surface area contributed by atoms with E-state index in [1.54, 1.807) is 0 Å². The van der Waals surface area contributed by atoms with Crippen molar-refractivity contribution in [3.63, 3.8) is 0 Å². The van der Waals surface area contributed by atoms with E-state index < -0.39 is 10.0 Å². The Balaban J connectivity index is 1.92. The normalized spacial score (nSPS) is 25.4. The lowest BCUT2D eigenvalue weighted by Gasteiger charge is -2.35. The molecular weight excluding hydrogens is 270 g/mol. The van der Waals surface area contributed by atoms with Crippen molar-refractivity contribution >= 4 is 21.6 Å². The minimum Gasteiger partial charge on any atom is -0.214 e. The van der Waals surface area contributed by atoms with Crippen LogP contribution in [0.15, 0.2) is 0 Å². The molecule has 106 valence electrons. The van der Waals surface area contributed by atoms with Crippen LogP contribution in [0.3, 0.4) is 0 Å². The SMILES string of the molecule is O=S(=O)(NCC1(CCl)CCCCC1)C1CCCC1. The molecule has 2 aliphatic carbocycles. The van der Waals surface area contributed by atoms with Gasteiger partial charge < -0.3 is 0 Å². The molecule has 0 aliphatic heterocycles. The van der Waals surface area contributed by atoms with Crippen LogP contribution < -0.4 is 4.72 Å². The van der Waals surface area contributed by atoms with E-state index in [1.807, 2.05) is 0 Å². The van der Waals surface area contributed by atoms with Gasteiger partial charge in [0, 0.05) is 12.4 Å². The average molecular weight is 294 g/mol. The molecule has 0 amide bonds. The molecular formula is C13H24ClNO2S. The van der Waals surface area contributed by atoms with Gasteiger partial charge in [0.15, 0.2) is 0 Å². The molecule has 2 aliphatic rings. The molecule has 2 rings (SSSR count). The van der Waals surface area contributed by atoms with Gasteiger partial charge in [-0.3, -0.25) is 0 Å². The Morgan fingerprint density at radius 3 is 2.22 bits per heavy atom. The van der Waals surface area contributed by atoms with Crippen LogP contribution in [-0.2, 0) is 10.0 Å². The summed E-state index contributed by atoms with van der Waals surface area (Å²) in [6, 6.07) is 0. The highest BCUT2D eigenvalue weighted by molar-refractivity contribution is 7.90. The molecule has 0 atom stereocenters. The standard InChI is InChI=1S/C13H24ClNO2S/c14-10-13(8-4-1-5-9-13)11-15-18(16,17)12-6-2-3-7-12/h12,15H,1-11H2. The van der Waals surface area contributed by atoms with Crippen molar-refractivity contribution in [2.75, 3.05) is 12.4 Å². The summed E-state index contributed by atoms with van der Waals surface area (Å²) in [5.74, 6) is 0.570. The summed E-state index contributed by atoms with van der Waals surface area (Å²) in [5.41, 5.74) is 0.00544. The molecule has 0 bridgehead atoms. The average Bonchev–Trinajstić information content (AvgIpc) is 2.92. The van der Waals surface area contributed by atoms with Crippen molar-refractivity contribution in [2.24, 2.45) is 5.41 Å². The lowest BCUT2D eigenvalue weighted by atomic mass is 9.76. The summed E-state index contributed by atoms with van der Waals surface area (Å²) in [5, 5.41) is -0.159. The summed E-state index contributed by atoms with van der Waals surface area (Å²) in [4.78, 5) is 0. The van der Waals surface area contributed by atoms with Crippen molar-refractivity contribution in [3.05, 3.63) is 0 Å². The molecule has 0 heterocycles. The molecule has 0 saturated heterocycles. The fraction of sp³-hybridized carbons (Fsp3) is 1.00. The van der Waals surface area contributed by atoms with Crippen LogP contribution in [0.25, 0.3) is 0 Å². The summed E-state index contributed by atoms with van der Waals surface area (Å²) < 4.78 is 27.2. The number of hydrogen-bond donors (Lipinski definition) is 1. The van der Waals surface area contributed by atoms with Gasteiger partial charge in [-0.25, -0.2) is 13.1 Å². The molecule has 0 aromatic heterocycles. The number of rotatable bonds is 5. The van der Waals surface area contributed by atoms with Gasteiger partial charge in [0.05, 0.1) is 5.25 Å². The molecule has 0 aromatic carbocycles. The largest absolute Gasteiger partial charge is 0.214 e. The zero-order valence-corrected chi connectivity index (χ0v) is 12.5. The molecule has 2 fully saturated rings. The molecule has 0 aromatic rings. The fourth-order valence-electron chi connectivity index (χ4n) is 3.23. The van der Waals surface area contributed by atoms with Crippen molar-refractivity contribution < 1.29 is 8.42 Å². The molecule has 1 N–H and O–H groups in total. The molecule has 18 heavy (non-hydrogen) atoms. The van der Waals surface area contributed by atoms with Gasteiger partial charge >= 0.3 is 0 Å². The van der Waals surface area contributed by atoms with E-state index >= 15 is 0 Å². The Morgan fingerprint density at radius 2 is 1.67 bits per heavy atom. The van der Waals surface area contributed by atoms with Crippen molar-refractivity contribution in [1.29, 1.82) is 0 Å². The Morgan fingerprint density at radius 1 is 1.06 bits per heavy atom. The summed E-state index contributed by atoms with van der Waals surface area (Å²) in [6.45, 7) is 0.537.